The van der Waals surface area contributed by atoms with Crippen molar-refractivity contribution in [1.29, 1.82) is 0 Å². The number of fused-ring (bicyclic) bond motifs is 1. The summed E-state index contributed by atoms with van der Waals surface area (Å²) in [5.41, 5.74) is 2.27. The molecule has 6 heteroatoms. The van der Waals surface area contributed by atoms with Crippen LogP contribution < -0.4 is 0 Å². The molecule has 0 spiro atoms. The van der Waals surface area contributed by atoms with Gasteiger partial charge in [-0.05, 0) is 40.2 Å². The van der Waals surface area contributed by atoms with Crippen molar-refractivity contribution in [3.63, 3.8) is 0 Å². The highest BCUT2D eigenvalue weighted by Gasteiger charge is 2.24. The van der Waals surface area contributed by atoms with Crippen LogP contribution >= 0.6 is 0 Å². The van der Waals surface area contributed by atoms with Gasteiger partial charge in [-0.1, -0.05) is 0 Å². The summed E-state index contributed by atoms with van der Waals surface area (Å²) in [5, 5.41) is 5.31. The topological polar surface area (TPSA) is 60.2 Å². The summed E-state index contributed by atoms with van der Waals surface area (Å²) >= 11 is 0. The first-order chi connectivity index (χ1) is 11.5. The molecule has 24 heavy (non-hydrogen) atoms. The van der Waals surface area contributed by atoms with Gasteiger partial charge in [0, 0.05) is 37.0 Å². The number of hydrogen-bond acceptors (Lipinski definition) is 4. The number of hydrogen-bond donors (Lipinski definition) is 0. The van der Waals surface area contributed by atoms with E-state index in [4.69, 9.17) is 4.74 Å². The van der Waals surface area contributed by atoms with Gasteiger partial charge in [0.25, 0.3) is 5.91 Å². The molecule has 1 amide bonds. The first-order valence-electron chi connectivity index (χ1n) is 8.73. The van der Waals surface area contributed by atoms with Gasteiger partial charge in [-0.3, -0.25) is 4.79 Å². The number of carbonyl (C=O) groups is 1. The second-order valence-electron chi connectivity index (χ2n) is 6.79. The molecule has 2 aromatic rings. The Hall–Kier alpha value is -1.95. The Morgan fingerprint density at radius 2 is 2.29 bits per heavy atom. The molecule has 0 radical (unpaired) electrons. The van der Waals surface area contributed by atoms with Gasteiger partial charge in [-0.2, -0.15) is 5.10 Å². The Balaban J connectivity index is 1.89. The molecule has 1 fully saturated rings. The summed E-state index contributed by atoms with van der Waals surface area (Å²) in [7, 11) is 0. The Morgan fingerprint density at radius 1 is 1.50 bits per heavy atom. The van der Waals surface area contributed by atoms with E-state index in [0.717, 1.165) is 42.9 Å². The van der Waals surface area contributed by atoms with Crippen molar-refractivity contribution in [3.05, 3.63) is 23.5 Å². The van der Waals surface area contributed by atoms with Crippen LogP contribution in [-0.4, -0.2) is 51.9 Å². The van der Waals surface area contributed by atoms with Crippen molar-refractivity contribution in [2.75, 3.05) is 26.3 Å². The number of pyridine rings is 1. The SMILES string of the molecule is CCN(C[C@H]1CCOC1)C(=O)c1cc2cnn(C(C)C)c2nc1C. The van der Waals surface area contributed by atoms with E-state index < -0.39 is 0 Å². The number of ether oxygens (including phenoxy) is 1. The van der Waals surface area contributed by atoms with E-state index in [1.54, 1.807) is 6.20 Å². The number of nitrogens with zero attached hydrogens (tertiary/aromatic N) is 4. The summed E-state index contributed by atoms with van der Waals surface area (Å²) in [4.78, 5) is 19.5. The summed E-state index contributed by atoms with van der Waals surface area (Å²) in [6.07, 6.45) is 2.82. The van der Waals surface area contributed by atoms with Gasteiger partial charge in [0.1, 0.15) is 0 Å². The zero-order chi connectivity index (χ0) is 17.3. The fraction of sp³-hybridized carbons (Fsp3) is 0.611. The van der Waals surface area contributed by atoms with Crippen LogP contribution in [0.4, 0.5) is 0 Å². The van der Waals surface area contributed by atoms with Crippen molar-refractivity contribution in [1.82, 2.24) is 19.7 Å². The van der Waals surface area contributed by atoms with Gasteiger partial charge in [0.2, 0.25) is 0 Å². The zero-order valence-corrected chi connectivity index (χ0v) is 15.0. The quantitative estimate of drug-likeness (QED) is 0.846. The normalized spacial score (nSPS) is 17.8. The van der Waals surface area contributed by atoms with Crippen molar-refractivity contribution in [3.8, 4) is 0 Å². The lowest BCUT2D eigenvalue weighted by atomic mass is 10.1. The van der Waals surface area contributed by atoms with Gasteiger partial charge in [0.15, 0.2) is 5.65 Å². The molecule has 0 aliphatic carbocycles. The van der Waals surface area contributed by atoms with Crippen LogP contribution in [0.3, 0.4) is 0 Å². The molecular weight excluding hydrogens is 304 g/mol. The summed E-state index contributed by atoms with van der Waals surface area (Å²) in [6, 6.07) is 2.17. The molecule has 0 bridgehead atoms. The van der Waals surface area contributed by atoms with Gasteiger partial charge >= 0.3 is 0 Å². The van der Waals surface area contributed by atoms with Gasteiger partial charge in [-0.25, -0.2) is 9.67 Å². The molecule has 0 saturated carbocycles. The Morgan fingerprint density at radius 3 is 2.92 bits per heavy atom. The minimum Gasteiger partial charge on any atom is -0.381 e. The monoisotopic (exact) mass is 330 g/mol. The van der Waals surface area contributed by atoms with Crippen LogP contribution in [0.1, 0.15) is 49.3 Å². The maximum Gasteiger partial charge on any atom is 0.255 e. The molecule has 2 aromatic heterocycles. The maximum absolute atomic E-state index is 13.0. The number of amides is 1. The lowest BCUT2D eigenvalue weighted by molar-refractivity contribution is 0.0730. The van der Waals surface area contributed by atoms with E-state index >= 15 is 0 Å². The molecule has 1 aliphatic rings. The Kier molecular flexibility index (Phi) is 4.85. The van der Waals surface area contributed by atoms with Crippen LogP contribution in [0.2, 0.25) is 0 Å². The molecule has 1 aliphatic heterocycles. The summed E-state index contributed by atoms with van der Waals surface area (Å²) in [6.45, 7) is 11.1. The van der Waals surface area contributed by atoms with Crippen molar-refractivity contribution >= 4 is 16.9 Å². The van der Waals surface area contributed by atoms with Crippen molar-refractivity contribution in [2.24, 2.45) is 5.92 Å². The Bertz CT molecular complexity index is 732. The fourth-order valence-corrected chi connectivity index (χ4v) is 3.23. The molecular formula is C18H26N4O2. The predicted octanol–water partition coefficient (Wildman–Crippen LogP) is 2.82. The maximum atomic E-state index is 13.0. The third-order valence-corrected chi connectivity index (χ3v) is 4.65. The lowest BCUT2D eigenvalue weighted by Crippen LogP contribution is -2.36. The summed E-state index contributed by atoms with van der Waals surface area (Å²) in [5.74, 6) is 0.489. The first kappa shape index (κ1) is 16.9. The molecule has 0 unspecified atom stereocenters. The third kappa shape index (κ3) is 3.15. The number of rotatable bonds is 5. The summed E-state index contributed by atoms with van der Waals surface area (Å²) < 4.78 is 7.33. The standard InChI is InChI=1S/C18H26N4O2/c1-5-21(10-14-6-7-24-11-14)18(23)16-8-15-9-19-22(12(2)3)17(15)20-13(16)4/h8-9,12,14H,5-7,10-11H2,1-4H3/t14-/m1/s1. The third-order valence-electron chi connectivity index (χ3n) is 4.65. The zero-order valence-electron chi connectivity index (χ0n) is 15.0. The lowest BCUT2D eigenvalue weighted by Gasteiger charge is -2.24. The highest BCUT2D eigenvalue weighted by molar-refractivity contribution is 5.98. The van der Waals surface area contributed by atoms with Gasteiger partial charge in [0.05, 0.1) is 24.1 Å². The highest BCUT2D eigenvalue weighted by atomic mass is 16.5. The Labute approximate surface area is 142 Å². The van der Waals surface area contributed by atoms with Gasteiger partial charge < -0.3 is 9.64 Å². The highest BCUT2D eigenvalue weighted by Crippen LogP contribution is 2.21. The predicted molar refractivity (Wildman–Crippen MR) is 93.2 cm³/mol. The minimum atomic E-state index is 0.0496. The minimum absolute atomic E-state index is 0.0496. The van der Waals surface area contributed by atoms with Crippen LogP contribution in [0, 0.1) is 12.8 Å². The number of aromatic nitrogens is 3. The molecule has 3 heterocycles. The number of aryl methyl sites for hydroxylation is 1. The van der Waals surface area contributed by atoms with Crippen LogP contribution in [0.5, 0.6) is 0 Å². The van der Waals surface area contributed by atoms with Crippen LogP contribution in [0.25, 0.3) is 11.0 Å². The number of carbonyl (C=O) groups excluding carboxylic acids is 1. The average Bonchev–Trinajstić information content (AvgIpc) is 3.20. The fourth-order valence-electron chi connectivity index (χ4n) is 3.23. The smallest absolute Gasteiger partial charge is 0.255 e. The average molecular weight is 330 g/mol. The van der Waals surface area contributed by atoms with E-state index in [-0.39, 0.29) is 11.9 Å². The molecule has 3 rings (SSSR count). The van der Waals surface area contributed by atoms with E-state index in [1.807, 2.05) is 29.5 Å². The second-order valence-corrected chi connectivity index (χ2v) is 6.79. The van der Waals surface area contributed by atoms with E-state index in [2.05, 4.69) is 23.9 Å². The molecule has 1 saturated heterocycles. The largest absolute Gasteiger partial charge is 0.381 e. The van der Waals surface area contributed by atoms with Crippen molar-refractivity contribution in [2.45, 2.75) is 40.2 Å². The second kappa shape index (κ2) is 6.89. The van der Waals surface area contributed by atoms with E-state index in [9.17, 15) is 4.79 Å². The van der Waals surface area contributed by atoms with E-state index in [0.29, 0.717) is 18.0 Å². The van der Waals surface area contributed by atoms with Gasteiger partial charge in [-0.15, -0.1) is 0 Å². The molecule has 0 N–H and O–H groups in total. The van der Waals surface area contributed by atoms with Crippen LogP contribution in [0.15, 0.2) is 12.3 Å². The molecule has 0 aromatic carbocycles. The molecule has 1 atom stereocenters. The van der Waals surface area contributed by atoms with E-state index in [1.165, 1.54) is 0 Å². The van der Waals surface area contributed by atoms with Crippen molar-refractivity contribution < 1.29 is 9.53 Å². The molecule has 130 valence electrons. The first-order valence-corrected chi connectivity index (χ1v) is 8.73. The molecule has 6 nitrogen and oxygen atoms in total. The van der Waals surface area contributed by atoms with Crippen LogP contribution in [-0.2, 0) is 4.74 Å².